The Hall–Kier alpha value is -3.26. The highest BCUT2D eigenvalue weighted by Gasteiger charge is 2.44. The Morgan fingerprint density at radius 1 is 1.24 bits per heavy atom. The van der Waals surface area contributed by atoms with Crippen LogP contribution in [0.3, 0.4) is 0 Å². The number of carboxylic acids is 1. The van der Waals surface area contributed by atoms with Gasteiger partial charge in [0.15, 0.2) is 11.5 Å². The van der Waals surface area contributed by atoms with Crippen molar-refractivity contribution in [1.29, 1.82) is 0 Å². The van der Waals surface area contributed by atoms with E-state index >= 15 is 0 Å². The van der Waals surface area contributed by atoms with Crippen LogP contribution in [0.25, 0.3) is 5.69 Å². The van der Waals surface area contributed by atoms with Gasteiger partial charge in [0.2, 0.25) is 0 Å². The van der Waals surface area contributed by atoms with E-state index in [1.165, 1.54) is 5.56 Å². The third kappa shape index (κ3) is 4.11. The summed E-state index contributed by atoms with van der Waals surface area (Å²) < 4.78 is 8.53. The molecule has 2 aliphatic rings. The van der Waals surface area contributed by atoms with Crippen LogP contribution < -0.4 is 15.0 Å². The number of benzene rings is 2. The summed E-state index contributed by atoms with van der Waals surface area (Å²) in [5.74, 6) is 0.454. The van der Waals surface area contributed by atoms with Gasteiger partial charge in [0.05, 0.1) is 0 Å². The van der Waals surface area contributed by atoms with Crippen LogP contribution in [0.1, 0.15) is 37.2 Å². The molecular formula is C25H28N4O3S. The smallest absolute Gasteiger partial charge is 0.326 e. The van der Waals surface area contributed by atoms with E-state index in [4.69, 9.17) is 17.0 Å². The van der Waals surface area contributed by atoms with Gasteiger partial charge in [-0.05, 0) is 66.7 Å². The van der Waals surface area contributed by atoms with Crippen LogP contribution in [0.4, 0.5) is 11.4 Å². The normalized spacial score (nSPS) is 21.7. The van der Waals surface area contributed by atoms with Crippen LogP contribution in [-0.4, -0.2) is 40.4 Å². The van der Waals surface area contributed by atoms with Crippen LogP contribution in [-0.2, 0) is 4.79 Å². The second kappa shape index (κ2) is 8.94. The van der Waals surface area contributed by atoms with Crippen LogP contribution in [0.5, 0.6) is 5.75 Å². The Labute approximate surface area is 198 Å². The highest BCUT2D eigenvalue weighted by molar-refractivity contribution is 7.71. The minimum atomic E-state index is -0.740. The molecule has 1 saturated carbocycles. The SMILES string of the molecule is CN1c2cc(OCNc3cccc(-n4cc[nH]c4=S)c3)ccc2C2CCCCC2C1C(=O)O. The number of aromatic amines is 1. The largest absolute Gasteiger partial charge is 0.480 e. The molecular weight excluding hydrogens is 436 g/mol. The summed E-state index contributed by atoms with van der Waals surface area (Å²) in [6.07, 6.45) is 8.00. The lowest BCUT2D eigenvalue weighted by molar-refractivity contribution is -0.140. The van der Waals surface area contributed by atoms with Gasteiger partial charge in [-0.1, -0.05) is 25.0 Å². The van der Waals surface area contributed by atoms with Crippen molar-refractivity contribution >= 4 is 29.6 Å². The summed E-state index contributed by atoms with van der Waals surface area (Å²) in [6, 6.07) is 13.6. The van der Waals surface area contributed by atoms with Gasteiger partial charge in [0.1, 0.15) is 11.8 Å². The molecule has 33 heavy (non-hydrogen) atoms. The first-order chi connectivity index (χ1) is 16.0. The van der Waals surface area contributed by atoms with Gasteiger partial charge in [0.25, 0.3) is 0 Å². The zero-order valence-electron chi connectivity index (χ0n) is 18.5. The number of carbonyl (C=O) groups is 1. The molecule has 1 aliphatic heterocycles. The number of H-pyrrole nitrogens is 1. The number of imidazole rings is 1. The van der Waals surface area contributed by atoms with Gasteiger partial charge in [0, 0.05) is 42.6 Å². The molecule has 1 aromatic heterocycles. The fraction of sp³-hybridized carbons (Fsp3) is 0.360. The van der Waals surface area contributed by atoms with Gasteiger partial charge >= 0.3 is 5.97 Å². The number of nitrogens with one attached hydrogen (secondary N) is 2. The van der Waals surface area contributed by atoms with Crippen molar-refractivity contribution in [1.82, 2.24) is 9.55 Å². The van der Waals surface area contributed by atoms with Gasteiger partial charge < -0.3 is 25.0 Å². The number of fused-ring (bicyclic) bond motifs is 3. The number of aliphatic carboxylic acids is 1. The zero-order chi connectivity index (χ0) is 22.9. The van der Waals surface area contributed by atoms with Crippen molar-refractivity contribution in [3.05, 3.63) is 65.2 Å². The van der Waals surface area contributed by atoms with Crippen LogP contribution >= 0.6 is 12.2 Å². The number of hydrogen-bond donors (Lipinski definition) is 3. The lowest BCUT2D eigenvalue weighted by Gasteiger charge is -2.46. The Kier molecular flexibility index (Phi) is 5.85. The molecule has 0 saturated heterocycles. The molecule has 7 nitrogen and oxygen atoms in total. The summed E-state index contributed by atoms with van der Waals surface area (Å²) in [5, 5.41) is 13.2. The third-order valence-corrected chi connectivity index (χ3v) is 7.28. The third-order valence-electron chi connectivity index (χ3n) is 6.97. The number of aromatic nitrogens is 2. The van der Waals surface area contributed by atoms with E-state index < -0.39 is 12.0 Å². The Morgan fingerprint density at radius 3 is 2.88 bits per heavy atom. The summed E-state index contributed by atoms with van der Waals surface area (Å²) in [4.78, 5) is 17.0. The molecule has 3 atom stereocenters. The fourth-order valence-corrected chi connectivity index (χ4v) is 5.67. The molecule has 2 heterocycles. The van der Waals surface area contributed by atoms with E-state index in [1.54, 1.807) is 0 Å². The van der Waals surface area contributed by atoms with Crippen LogP contribution in [0.2, 0.25) is 0 Å². The number of carboxylic acid groups (broad SMARTS) is 1. The van der Waals surface area contributed by atoms with E-state index in [1.807, 2.05) is 65.3 Å². The standard InChI is InChI=1S/C25H28N4O3S/c1-28-22-14-18(9-10-20(22)19-7-2-3-8-21(19)23(28)24(30)31)32-15-27-16-5-4-6-17(13-16)29-12-11-26-25(29)33/h4-6,9-14,19,21,23,27H,2-3,7-8,15H2,1H3,(H,26,33)(H,30,31). The molecule has 172 valence electrons. The van der Waals surface area contributed by atoms with E-state index in [-0.39, 0.29) is 5.92 Å². The van der Waals surface area contributed by atoms with Crippen molar-refractivity contribution < 1.29 is 14.6 Å². The van der Waals surface area contributed by atoms with Gasteiger partial charge in [-0.25, -0.2) is 4.79 Å². The van der Waals surface area contributed by atoms with Gasteiger partial charge in [-0.2, -0.15) is 0 Å². The predicted octanol–water partition coefficient (Wildman–Crippen LogP) is 5.16. The lowest BCUT2D eigenvalue weighted by Crippen LogP contribution is -2.50. The fourth-order valence-electron chi connectivity index (χ4n) is 5.43. The van der Waals surface area contributed by atoms with E-state index in [2.05, 4.69) is 16.4 Å². The molecule has 3 unspecified atom stereocenters. The Balaban J connectivity index is 1.31. The van der Waals surface area contributed by atoms with Crippen molar-refractivity contribution in [3.8, 4) is 11.4 Å². The topological polar surface area (TPSA) is 82.5 Å². The highest BCUT2D eigenvalue weighted by Crippen LogP contribution is 2.49. The number of ether oxygens (including phenoxy) is 1. The molecule has 1 fully saturated rings. The van der Waals surface area contributed by atoms with Gasteiger partial charge in [-0.3, -0.25) is 4.57 Å². The van der Waals surface area contributed by atoms with Gasteiger partial charge in [-0.15, -0.1) is 0 Å². The average Bonchev–Trinajstić information content (AvgIpc) is 3.25. The Morgan fingerprint density at radius 2 is 2.09 bits per heavy atom. The number of hydrogen-bond acceptors (Lipinski definition) is 5. The van der Waals surface area contributed by atoms with E-state index in [0.717, 1.165) is 48.5 Å². The predicted molar refractivity (Wildman–Crippen MR) is 131 cm³/mol. The first-order valence-corrected chi connectivity index (χ1v) is 11.8. The zero-order valence-corrected chi connectivity index (χ0v) is 19.3. The summed E-state index contributed by atoms with van der Waals surface area (Å²) in [7, 11) is 1.89. The summed E-state index contributed by atoms with van der Waals surface area (Å²) in [5.41, 5.74) is 4.09. The minimum absolute atomic E-state index is 0.169. The number of rotatable bonds is 6. The number of nitrogens with zero attached hydrogens (tertiary/aromatic N) is 2. The second-order valence-corrected chi connectivity index (χ2v) is 9.21. The quantitative estimate of drug-likeness (QED) is 0.345. The maximum Gasteiger partial charge on any atom is 0.326 e. The van der Waals surface area contributed by atoms with Crippen molar-refractivity contribution in [2.24, 2.45) is 5.92 Å². The molecule has 3 aromatic rings. The first-order valence-electron chi connectivity index (χ1n) is 11.4. The average molecular weight is 465 g/mol. The second-order valence-electron chi connectivity index (χ2n) is 8.82. The molecule has 8 heteroatoms. The molecule has 0 amide bonds. The van der Waals surface area contributed by atoms with Crippen molar-refractivity contribution in [2.75, 3.05) is 24.0 Å². The van der Waals surface area contributed by atoms with E-state index in [9.17, 15) is 9.90 Å². The molecule has 0 bridgehead atoms. The van der Waals surface area contributed by atoms with Crippen molar-refractivity contribution in [2.45, 2.75) is 37.6 Å². The molecule has 2 aromatic carbocycles. The Bertz CT molecular complexity index is 1220. The summed E-state index contributed by atoms with van der Waals surface area (Å²) in [6.45, 7) is 0.291. The van der Waals surface area contributed by atoms with E-state index in [0.29, 0.717) is 17.4 Å². The number of anilines is 2. The monoisotopic (exact) mass is 464 g/mol. The lowest BCUT2D eigenvalue weighted by atomic mass is 9.69. The van der Waals surface area contributed by atoms with Crippen LogP contribution in [0.15, 0.2) is 54.9 Å². The molecule has 5 rings (SSSR count). The van der Waals surface area contributed by atoms with Crippen molar-refractivity contribution in [3.63, 3.8) is 0 Å². The highest BCUT2D eigenvalue weighted by atomic mass is 32.1. The number of likely N-dealkylation sites (N-methyl/N-ethyl adjacent to an activating group) is 1. The maximum atomic E-state index is 12.1. The first kappa shape index (κ1) is 21.6. The minimum Gasteiger partial charge on any atom is -0.480 e. The summed E-state index contributed by atoms with van der Waals surface area (Å²) >= 11 is 5.30. The molecule has 1 aliphatic carbocycles. The molecule has 3 N–H and O–H groups in total. The molecule has 0 spiro atoms. The van der Waals surface area contributed by atoms with Crippen LogP contribution in [0, 0.1) is 10.7 Å². The maximum absolute atomic E-state index is 12.1. The molecule has 0 radical (unpaired) electrons.